The average molecular weight is 254 g/mol. The number of para-hydroxylation sites is 1. The van der Waals surface area contributed by atoms with E-state index in [0.717, 1.165) is 20.8 Å². The molecule has 0 unspecified atom stereocenters. The molecule has 88 valence electrons. The molecule has 3 rings (SSSR count). The molecule has 1 aromatic carbocycles. The molecule has 0 atom stereocenters. The van der Waals surface area contributed by atoms with Crippen molar-refractivity contribution < 1.29 is 0 Å². The summed E-state index contributed by atoms with van der Waals surface area (Å²) in [6.45, 7) is 0. The lowest BCUT2D eigenvalue weighted by Crippen LogP contribution is -1.90. The van der Waals surface area contributed by atoms with Crippen LogP contribution in [0.5, 0.6) is 0 Å². The second kappa shape index (κ2) is 4.62. The largest absolute Gasteiger partial charge is 0.397 e. The van der Waals surface area contributed by atoms with E-state index in [2.05, 4.69) is 15.0 Å². The first-order valence-corrected chi connectivity index (χ1v) is 6.23. The molecular formula is C13H10N4S. The number of hydrogen-bond acceptors (Lipinski definition) is 5. The minimum atomic E-state index is 0.692. The molecule has 2 aromatic heterocycles. The molecule has 0 saturated heterocycles. The third-order valence-electron chi connectivity index (χ3n) is 2.53. The summed E-state index contributed by atoms with van der Waals surface area (Å²) in [5.41, 5.74) is 7.44. The van der Waals surface area contributed by atoms with E-state index < -0.39 is 0 Å². The Labute approximate surface area is 108 Å². The summed E-state index contributed by atoms with van der Waals surface area (Å²) in [5.74, 6) is 0. The number of pyridine rings is 1. The normalized spacial score (nSPS) is 10.7. The highest BCUT2D eigenvalue weighted by atomic mass is 32.2. The van der Waals surface area contributed by atoms with Gasteiger partial charge in [0.15, 0.2) is 0 Å². The van der Waals surface area contributed by atoms with Gasteiger partial charge in [0.1, 0.15) is 11.4 Å². The highest BCUT2D eigenvalue weighted by Gasteiger charge is 2.06. The Hall–Kier alpha value is -2.14. The maximum Gasteiger partial charge on any atom is 0.116 e. The van der Waals surface area contributed by atoms with Crippen LogP contribution in [0.3, 0.4) is 0 Å². The molecule has 2 heterocycles. The van der Waals surface area contributed by atoms with Gasteiger partial charge in [-0.15, -0.1) is 0 Å². The molecule has 0 fully saturated rings. The zero-order chi connectivity index (χ0) is 12.4. The quantitative estimate of drug-likeness (QED) is 0.562. The molecule has 0 saturated carbocycles. The second-order valence-corrected chi connectivity index (χ2v) is 4.76. The summed E-state index contributed by atoms with van der Waals surface area (Å²) in [4.78, 5) is 13.5. The zero-order valence-electron chi connectivity index (χ0n) is 9.45. The van der Waals surface area contributed by atoms with Crippen LogP contribution in [-0.2, 0) is 0 Å². The topological polar surface area (TPSA) is 64.7 Å². The number of aromatic nitrogens is 3. The third-order valence-corrected chi connectivity index (χ3v) is 3.56. The SMILES string of the molecule is Nc1cccc2c(Sc3ccncn3)ccnc12. The van der Waals surface area contributed by atoms with E-state index in [0.29, 0.717) is 5.69 Å². The van der Waals surface area contributed by atoms with Gasteiger partial charge < -0.3 is 5.73 Å². The van der Waals surface area contributed by atoms with Gasteiger partial charge in [-0.2, -0.15) is 0 Å². The fraction of sp³-hybridized carbons (Fsp3) is 0. The molecule has 5 heteroatoms. The van der Waals surface area contributed by atoms with Crippen LogP contribution in [0, 0.1) is 0 Å². The van der Waals surface area contributed by atoms with Crippen LogP contribution in [0.4, 0.5) is 5.69 Å². The standard InChI is InChI=1S/C13H10N4S/c14-10-3-1-2-9-11(4-7-16-13(9)10)18-12-5-6-15-8-17-12/h1-8H,14H2. The predicted molar refractivity (Wildman–Crippen MR) is 72.3 cm³/mol. The Balaban J connectivity index is 2.10. The van der Waals surface area contributed by atoms with E-state index in [1.807, 2.05) is 30.3 Å². The maximum atomic E-state index is 5.92. The van der Waals surface area contributed by atoms with E-state index >= 15 is 0 Å². The lowest BCUT2D eigenvalue weighted by molar-refractivity contribution is 1.05. The molecule has 4 nitrogen and oxygen atoms in total. The first kappa shape index (κ1) is 11.0. The van der Waals surface area contributed by atoms with Crippen LogP contribution in [0.2, 0.25) is 0 Å². The van der Waals surface area contributed by atoms with Crippen LogP contribution in [0.15, 0.2) is 59.0 Å². The van der Waals surface area contributed by atoms with E-state index in [1.54, 1.807) is 30.5 Å². The van der Waals surface area contributed by atoms with Gasteiger partial charge in [0.05, 0.1) is 11.2 Å². The Morgan fingerprint density at radius 3 is 2.78 bits per heavy atom. The van der Waals surface area contributed by atoms with Gasteiger partial charge in [0.2, 0.25) is 0 Å². The highest BCUT2D eigenvalue weighted by Crippen LogP contribution is 2.32. The monoisotopic (exact) mass is 254 g/mol. The van der Waals surface area contributed by atoms with Crippen molar-refractivity contribution in [2.24, 2.45) is 0 Å². The fourth-order valence-electron chi connectivity index (χ4n) is 1.71. The minimum absolute atomic E-state index is 0.692. The first-order valence-electron chi connectivity index (χ1n) is 5.41. The summed E-state index contributed by atoms with van der Waals surface area (Å²) in [7, 11) is 0. The predicted octanol–water partition coefficient (Wildman–Crippen LogP) is 2.76. The molecular weight excluding hydrogens is 244 g/mol. The molecule has 0 aliphatic carbocycles. The van der Waals surface area contributed by atoms with Gasteiger partial charge in [-0.25, -0.2) is 9.97 Å². The third kappa shape index (κ3) is 2.00. The van der Waals surface area contributed by atoms with E-state index in [4.69, 9.17) is 5.73 Å². The van der Waals surface area contributed by atoms with Gasteiger partial charge >= 0.3 is 0 Å². The van der Waals surface area contributed by atoms with Crippen LogP contribution in [-0.4, -0.2) is 15.0 Å². The molecule has 18 heavy (non-hydrogen) atoms. The van der Waals surface area contributed by atoms with Crippen molar-refractivity contribution in [2.45, 2.75) is 9.92 Å². The average Bonchev–Trinajstić information content (AvgIpc) is 2.41. The number of benzene rings is 1. The number of nitrogen functional groups attached to an aromatic ring is 1. The van der Waals surface area contributed by atoms with Crippen molar-refractivity contribution in [1.82, 2.24) is 15.0 Å². The van der Waals surface area contributed by atoms with Crippen molar-refractivity contribution in [3.8, 4) is 0 Å². The van der Waals surface area contributed by atoms with Crippen molar-refractivity contribution in [3.63, 3.8) is 0 Å². The van der Waals surface area contributed by atoms with Crippen LogP contribution in [0.25, 0.3) is 10.9 Å². The second-order valence-electron chi connectivity index (χ2n) is 3.70. The number of nitrogens with two attached hydrogens (primary N) is 1. The molecule has 3 aromatic rings. The van der Waals surface area contributed by atoms with Gasteiger partial charge in [-0.3, -0.25) is 4.98 Å². The van der Waals surface area contributed by atoms with Crippen LogP contribution in [0.1, 0.15) is 0 Å². The summed E-state index contributed by atoms with van der Waals surface area (Å²) in [6.07, 6.45) is 5.04. The van der Waals surface area contributed by atoms with E-state index in [-0.39, 0.29) is 0 Å². The Morgan fingerprint density at radius 2 is 1.94 bits per heavy atom. The minimum Gasteiger partial charge on any atom is -0.397 e. The lowest BCUT2D eigenvalue weighted by Gasteiger charge is -2.06. The van der Waals surface area contributed by atoms with Crippen LogP contribution >= 0.6 is 11.8 Å². The van der Waals surface area contributed by atoms with E-state index in [1.165, 1.54) is 0 Å². The molecule has 0 aliphatic rings. The number of hydrogen-bond donors (Lipinski definition) is 1. The Kier molecular flexibility index (Phi) is 2.82. The number of fused-ring (bicyclic) bond motifs is 1. The zero-order valence-corrected chi connectivity index (χ0v) is 10.3. The Morgan fingerprint density at radius 1 is 1.00 bits per heavy atom. The molecule has 0 spiro atoms. The molecule has 0 radical (unpaired) electrons. The lowest BCUT2D eigenvalue weighted by atomic mass is 10.2. The van der Waals surface area contributed by atoms with Crippen molar-refractivity contribution in [3.05, 3.63) is 49.1 Å². The van der Waals surface area contributed by atoms with Crippen molar-refractivity contribution in [2.75, 3.05) is 5.73 Å². The number of rotatable bonds is 2. The molecule has 0 bridgehead atoms. The van der Waals surface area contributed by atoms with Gasteiger partial charge in [-0.1, -0.05) is 23.9 Å². The first-order chi connectivity index (χ1) is 8.84. The molecule has 0 amide bonds. The summed E-state index contributed by atoms with van der Waals surface area (Å²) < 4.78 is 0. The van der Waals surface area contributed by atoms with Gasteiger partial charge in [0, 0.05) is 22.7 Å². The summed E-state index contributed by atoms with van der Waals surface area (Å²) in [5, 5.41) is 1.95. The Bertz CT molecular complexity index is 685. The molecule has 2 N–H and O–H groups in total. The number of nitrogens with zero attached hydrogens (tertiary/aromatic N) is 3. The highest BCUT2D eigenvalue weighted by molar-refractivity contribution is 7.99. The molecule has 0 aliphatic heterocycles. The van der Waals surface area contributed by atoms with Crippen molar-refractivity contribution in [1.29, 1.82) is 0 Å². The van der Waals surface area contributed by atoms with Gasteiger partial charge in [0.25, 0.3) is 0 Å². The van der Waals surface area contributed by atoms with E-state index in [9.17, 15) is 0 Å². The maximum absolute atomic E-state index is 5.92. The van der Waals surface area contributed by atoms with Crippen LogP contribution < -0.4 is 5.73 Å². The fourth-order valence-corrected chi connectivity index (χ4v) is 2.57. The summed E-state index contributed by atoms with van der Waals surface area (Å²) >= 11 is 1.58. The smallest absolute Gasteiger partial charge is 0.116 e. The summed E-state index contributed by atoms with van der Waals surface area (Å²) in [6, 6.07) is 9.65. The van der Waals surface area contributed by atoms with Gasteiger partial charge in [-0.05, 0) is 18.2 Å². The number of anilines is 1. The van der Waals surface area contributed by atoms with Crippen molar-refractivity contribution >= 4 is 28.4 Å².